The second-order valence-electron chi connectivity index (χ2n) is 5.96. The molecule has 0 spiro atoms. The van der Waals surface area contributed by atoms with Gasteiger partial charge in [-0.15, -0.1) is 12.4 Å². The third-order valence-electron chi connectivity index (χ3n) is 4.31. The molecule has 1 aromatic carbocycles. The number of aromatic nitrogens is 2. The summed E-state index contributed by atoms with van der Waals surface area (Å²) in [5.74, 6) is 0.204. The normalized spacial score (nSPS) is 20.0. The van der Waals surface area contributed by atoms with Gasteiger partial charge in [0.2, 0.25) is 5.91 Å². The van der Waals surface area contributed by atoms with Gasteiger partial charge < -0.3 is 11.1 Å². The van der Waals surface area contributed by atoms with Gasteiger partial charge in [0.25, 0.3) is 0 Å². The maximum Gasteiger partial charge on any atom is 0.223 e. The van der Waals surface area contributed by atoms with Crippen LogP contribution in [0, 0.1) is 5.92 Å². The van der Waals surface area contributed by atoms with Crippen LogP contribution in [-0.2, 0) is 17.9 Å². The first kappa shape index (κ1) is 17.5. The molecule has 1 heterocycles. The molecule has 2 aromatic rings. The van der Waals surface area contributed by atoms with Gasteiger partial charge in [-0.3, -0.25) is 9.48 Å². The number of carbonyl (C=O) groups excluding carboxylic acids is 1. The van der Waals surface area contributed by atoms with Crippen molar-refractivity contribution in [3.8, 4) is 0 Å². The minimum atomic E-state index is 0. The molecule has 0 bridgehead atoms. The van der Waals surface area contributed by atoms with Gasteiger partial charge in [-0.25, -0.2) is 0 Å². The molecule has 1 aromatic heterocycles. The molecule has 0 aliphatic heterocycles. The first-order chi connectivity index (χ1) is 10.7. The van der Waals surface area contributed by atoms with Gasteiger partial charge in [-0.2, -0.15) is 5.10 Å². The van der Waals surface area contributed by atoms with Crippen LogP contribution < -0.4 is 11.1 Å². The second-order valence-corrected chi connectivity index (χ2v) is 5.96. The monoisotopic (exact) mass is 334 g/mol. The topological polar surface area (TPSA) is 72.9 Å². The smallest absolute Gasteiger partial charge is 0.223 e. The van der Waals surface area contributed by atoms with E-state index in [4.69, 9.17) is 5.73 Å². The standard InChI is InChI=1S/C17H22N4O.ClH/c18-16-7-6-13(10-16)17(22)19-11-14-4-1-2-5-15(14)12-21-9-3-8-20-21;/h1-5,8-9,13,16H,6-7,10-12,18H2,(H,19,22);1H. The number of nitrogens with zero attached hydrogens (tertiary/aromatic N) is 2. The Hall–Kier alpha value is -1.85. The van der Waals surface area contributed by atoms with Crippen molar-refractivity contribution >= 4 is 18.3 Å². The van der Waals surface area contributed by atoms with Gasteiger partial charge >= 0.3 is 0 Å². The van der Waals surface area contributed by atoms with E-state index in [-0.39, 0.29) is 30.3 Å². The third kappa shape index (κ3) is 4.56. The second kappa shape index (κ2) is 8.13. The van der Waals surface area contributed by atoms with E-state index in [1.165, 1.54) is 5.56 Å². The number of halogens is 1. The molecule has 23 heavy (non-hydrogen) atoms. The molecule has 3 N–H and O–H groups in total. The number of carbonyl (C=O) groups is 1. The lowest BCUT2D eigenvalue weighted by molar-refractivity contribution is -0.125. The molecule has 2 unspecified atom stereocenters. The van der Waals surface area contributed by atoms with E-state index in [1.54, 1.807) is 6.20 Å². The van der Waals surface area contributed by atoms with E-state index >= 15 is 0 Å². The molecule has 1 amide bonds. The lowest BCUT2D eigenvalue weighted by Crippen LogP contribution is -2.30. The Kier molecular flexibility index (Phi) is 6.19. The molecule has 6 heteroatoms. The summed E-state index contributed by atoms with van der Waals surface area (Å²) in [6.45, 7) is 1.27. The summed E-state index contributed by atoms with van der Waals surface area (Å²) in [5.41, 5.74) is 8.19. The zero-order chi connectivity index (χ0) is 15.4. The van der Waals surface area contributed by atoms with Crippen molar-refractivity contribution in [3.63, 3.8) is 0 Å². The average Bonchev–Trinajstić information content (AvgIpc) is 3.18. The summed E-state index contributed by atoms with van der Waals surface area (Å²) >= 11 is 0. The van der Waals surface area contributed by atoms with Crippen molar-refractivity contribution in [2.75, 3.05) is 0 Å². The highest BCUT2D eigenvalue weighted by atomic mass is 35.5. The van der Waals surface area contributed by atoms with Crippen LogP contribution in [0.25, 0.3) is 0 Å². The fraction of sp³-hybridized carbons (Fsp3) is 0.412. The molecule has 124 valence electrons. The molecular weight excluding hydrogens is 312 g/mol. The molecule has 0 radical (unpaired) electrons. The quantitative estimate of drug-likeness (QED) is 0.879. The minimum Gasteiger partial charge on any atom is -0.352 e. The Bertz CT molecular complexity index is 629. The lowest BCUT2D eigenvalue weighted by atomic mass is 10.1. The van der Waals surface area contributed by atoms with Crippen LogP contribution in [0.3, 0.4) is 0 Å². The number of hydrogen-bond acceptors (Lipinski definition) is 3. The SMILES string of the molecule is Cl.NC1CCC(C(=O)NCc2ccccc2Cn2cccn2)C1. The van der Waals surface area contributed by atoms with Gasteiger partial charge in [-0.1, -0.05) is 24.3 Å². The van der Waals surface area contributed by atoms with Crippen LogP contribution in [0.2, 0.25) is 0 Å². The summed E-state index contributed by atoms with van der Waals surface area (Å²) in [6.07, 6.45) is 6.37. The molecule has 2 atom stereocenters. The van der Waals surface area contributed by atoms with Gasteiger partial charge in [0.1, 0.15) is 0 Å². The Morgan fingerprint density at radius 3 is 2.70 bits per heavy atom. The van der Waals surface area contributed by atoms with Crippen LogP contribution >= 0.6 is 12.4 Å². The van der Waals surface area contributed by atoms with Crippen molar-refractivity contribution in [2.24, 2.45) is 11.7 Å². The molecule has 3 rings (SSSR count). The largest absolute Gasteiger partial charge is 0.352 e. The highest BCUT2D eigenvalue weighted by Gasteiger charge is 2.27. The highest BCUT2D eigenvalue weighted by molar-refractivity contribution is 5.85. The number of hydrogen-bond donors (Lipinski definition) is 2. The molecule has 1 aliphatic carbocycles. The van der Waals surface area contributed by atoms with Crippen LogP contribution in [0.1, 0.15) is 30.4 Å². The Morgan fingerprint density at radius 1 is 1.26 bits per heavy atom. The predicted octanol–water partition coefficient (Wildman–Crippen LogP) is 2.10. The van der Waals surface area contributed by atoms with Crippen LogP contribution in [0.5, 0.6) is 0 Å². The predicted molar refractivity (Wildman–Crippen MR) is 92.2 cm³/mol. The van der Waals surface area contributed by atoms with E-state index < -0.39 is 0 Å². The fourth-order valence-corrected chi connectivity index (χ4v) is 3.03. The average molecular weight is 335 g/mol. The summed E-state index contributed by atoms with van der Waals surface area (Å²) < 4.78 is 1.89. The van der Waals surface area contributed by atoms with Gasteiger partial charge in [0, 0.05) is 30.9 Å². The molecule has 5 nitrogen and oxygen atoms in total. The molecule has 0 saturated heterocycles. The van der Waals surface area contributed by atoms with E-state index in [0.717, 1.165) is 24.8 Å². The zero-order valence-corrected chi connectivity index (χ0v) is 13.8. The molecular formula is C17H23ClN4O. The molecule has 1 fully saturated rings. The Morgan fingerprint density at radius 2 is 2.04 bits per heavy atom. The number of rotatable bonds is 5. The summed E-state index contributed by atoms with van der Waals surface area (Å²) in [6, 6.07) is 10.2. The van der Waals surface area contributed by atoms with Crippen molar-refractivity contribution in [2.45, 2.75) is 38.4 Å². The number of amides is 1. The summed E-state index contributed by atoms with van der Waals surface area (Å²) in [7, 11) is 0. The maximum absolute atomic E-state index is 12.2. The van der Waals surface area contributed by atoms with Crippen LogP contribution in [0.4, 0.5) is 0 Å². The van der Waals surface area contributed by atoms with Crippen molar-refractivity contribution in [1.82, 2.24) is 15.1 Å². The van der Waals surface area contributed by atoms with Gasteiger partial charge in [0.05, 0.1) is 6.54 Å². The first-order valence-electron chi connectivity index (χ1n) is 7.80. The summed E-state index contributed by atoms with van der Waals surface area (Å²) in [5, 5.41) is 7.29. The summed E-state index contributed by atoms with van der Waals surface area (Å²) in [4.78, 5) is 12.2. The number of nitrogens with one attached hydrogen (secondary N) is 1. The maximum atomic E-state index is 12.2. The Labute approximate surface area is 142 Å². The van der Waals surface area contributed by atoms with E-state index in [0.29, 0.717) is 13.1 Å². The third-order valence-corrected chi connectivity index (χ3v) is 4.31. The van der Waals surface area contributed by atoms with Crippen molar-refractivity contribution in [1.29, 1.82) is 0 Å². The van der Waals surface area contributed by atoms with E-state index in [9.17, 15) is 4.79 Å². The lowest BCUT2D eigenvalue weighted by Gasteiger charge is -2.13. The fourth-order valence-electron chi connectivity index (χ4n) is 3.03. The van der Waals surface area contributed by atoms with Crippen LogP contribution in [-0.4, -0.2) is 21.7 Å². The number of nitrogens with two attached hydrogens (primary N) is 1. The van der Waals surface area contributed by atoms with Gasteiger partial charge in [-0.05, 0) is 36.5 Å². The Balaban J connectivity index is 0.00000192. The zero-order valence-electron chi connectivity index (χ0n) is 13.0. The molecule has 1 saturated carbocycles. The molecule has 1 aliphatic rings. The number of benzene rings is 1. The van der Waals surface area contributed by atoms with E-state index in [1.807, 2.05) is 29.1 Å². The van der Waals surface area contributed by atoms with Crippen molar-refractivity contribution < 1.29 is 4.79 Å². The van der Waals surface area contributed by atoms with Crippen molar-refractivity contribution in [3.05, 3.63) is 53.9 Å². The highest BCUT2D eigenvalue weighted by Crippen LogP contribution is 2.24. The van der Waals surface area contributed by atoms with Crippen LogP contribution in [0.15, 0.2) is 42.7 Å². The van der Waals surface area contributed by atoms with E-state index in [2.05, 4.69) is 22.5 Å². The minimum absolute atomic E-state index is 0. The first-order valence-corrected chi connectivity index (χ1v) is 7.80. The van der Waals surface area contributed by atoms with Gasteiger partial charge in [0.15, 0.2) is 0 Å².